The Morgan fingerprint density at radius 2 is 1.59 bits per heavy atom. The van der Waals surface area contributed by atoms with Crippen molar-refractivity contribution in [1.82, 2.24) is 0 Å². The lowest BCUT2D eigenvalue weighted by atomic mass is 10.2. The molecule has 118 valence electrons. The number of hydrogen-bond acceptors (Lipinski definition) is 4. The van der Waals surface area contributed by atoms with Gasteiger partial charge in [-0.2, -0.15) is 0 Å². The maximum absolute atomic E-state index is 12.9. The van der Waals surface area contributed by atoms with Crippen LogP contribution in [-0.2, 0) is 10.0 Å². The fourth-order valence-corrected chi connectivity index (χ4v) is 3.19. The zero-order valence-corrected chi connectivity index (χ0v) is 13.2. The monoisotopic (exact) mass is 325 g/mol. The van der Waals surface area contributed by atoms with Gasteiger partial charge in [0.15, 0.2) is 0 Å². The van der Waals surface area contributed by atoms with Crippen LogP contribution in [0.5, 0.6) is 11.5 Å². The highest BCUT2D eigenvalue weighted by molar-refractivity contribution is 7.92. The van der Waals surface area contributed by atoms with E-state index in [0.29, 0.717) is 5.75 Å². The quantitative estimate of drug-likeness (QED) is 0.918. The summed E-state index contributed by atoms with van der Waals surface area (Å²) in [5, 5.41) is 0. The molecule has 0 amide bonds. The van der Waals surface area contributed by atoms with Crippen molar-refractivity contribution in [2.45, 2.75) is 11.8 Å². The Bertz CT molecular complexity index is 773. The van der Waals surface area contributed by atoms with E-state index in [0.717, 1.165) is 5.56 Å². The minimum atomic E-state index is -3.90. The molecule has 0 radical (unpaired) electrons. The molecule has 5 nitrogen and oxygen atoms in total. The summed E-state index contributed by atoms with van der Waals surface area (Å²) in [4.78, 5) is -0.0539. The molecular weight excluding hydrogens is 309 g/mol. The highest BCUT2D eigenvalue weighted by Gasteiger charge is 2.22. The second kappa shape index (κ2) is 6.23. The third-order valence-corrected chi connectivity index (χ3v) is 4.47. The molecule has 0 aliphatic heterocycles. The normalized spacial score (nSPS) is 11.1. The van der Waals surface area contributed by atoms with Crippen molar-refractivity contribution in [3.8, 4) is 11.5 Å². The molecule has 22 heavy (non-hydrogen) atoms. The standard InChI is InChI=1S/C15H16FNO4S/c1-10-8-14(21-3)15(9-13(10)20-2)22(18,19)17-12-6-4-11(16)5-7-12/h4-9,17H,1-3H3. The van der Waals surface area contributed by atoms with Crippen LogP contribution in [-0.4, -0.2) is 22.6 Å². The van der Waals surface area contributed by atoms with Gasteiger partial charge in [-0.3, -0.25) is 4.72 Å². The largest absolute Gasteiger partial charge is 0.496 e. The van der Waals surface area contributed by atoms with Gasteiger partial charge in [-0.25, -0.2) is 12.8 Å². The zero-order valence-electron chi connectivity index (χ0n) is 12.4. The second-order valence-electron chi connectivity index (χ2n) is 4.59. The third kappa shape index (κ3) is 3.30. The lowest BCUT2D eigenvalue weighted by molar-refractivity contribution is 0.390. The minimum absolute atomic E-state index is 0.0539. The fraction of sp³-hybridized carbons (Fsp3) is 0.200. The molecule has 0 aliphatic carbocycles. The van der Waals surface area contributed by atoms with Crippen LogP contribution >= 0.6 is 0 Å². The van der Waals surface area contributed by atoms with Crippen LogP contribution in [0.4, 0.5) is 10.1 Å². The van der Waals surface area contributed by atoms with Gasteiger partial charge in [0.2, 0.25) is 0 Å². The van der Waals surface area contributed by atoms with E-state index in [1.54, 1.807) is 13.0 Å². The Balaban J connectivity index is 2.46. The SMILES string of the molecule is COc1cc(S(=O)(=O)Nc2ccc(F)cc2)c(OC)cc1C. The molecule has 2 aromatic carbocycles. The smallest absolute Gasteiger partial charge is 0.265 e. The molecule has 0 aliphatic rings. The van der Waals surface area contributed by atoms with Crippen molar-refractivity contribution in [2.75, 3.05) is 18.9 Å². The first kappa shape index (κ1) is 16.1. The Hall–Kier alpha value is -2.28. The van der Waals surface area contributed by atoms with Gasteiger partial charge in [0.1, 0.15) is 22.2 Å². The Morgan fingerprint density at radius 3 is 2.14 bits per heavy atom. The molecule has 2 aromatic rings. The van der Waals surface area contributed by atoms with Gasteiger partial charge in [-0.15, -0.1) is 0 Å². The van der Waals surface area contributed by atoms with E-state index in [-0.39, 0.29) is 16.3 Å². The highest BCUT2D eigenvalue weighted by atomic mass is 32.2. The van der Waals surface area contributed by atoms with Crippen molar-refractivity contribution >= 4 is 15.7 Å². The number of hydrogen-bond donors (Lipinski definition) is 1. The summed E-state index contributed by atoms with van der Waals surface area (Å²) in [6.07, 6.45) is 0. The van der Waals surface area contributed by atoms with Gasteiger partial charge in [0.25, 0.3) is 10.0 Å². The maximum Gasteiger partial charge on any atom is 0.265 e. The first-order valence-electron chi connectivity index (χ1n) is 6.38. The lowest BCUT2D eigenvalue weighted by Crippen LogP contribution is -2.14. The molecule has 0 unspecified atom stereocenters. The van der Waals surface area contributed by atoms with E-state index >= 15 is 0 Å². The van der Waals surface area contributed by atoms with Crippen LogP contribution in [0, 0.1) is 12.7 Å². The van der Waals surface area contributed by atoms with Crippen LogP contribution in [0.2, 0.25) is 0 Å². The molecule has 0 saturated carbocycles. The van der Waals surface area contributed by atoms with Crippen molar-refractivity contribution < 1.29 is 22.3 Å². The molecule has 0 spiro atoms. The van der Waals surface area contributed by atoms with E-state index in [1.165, 1.54) is 44.6 Å². The summed E-state index contributed by atoms with van der Waals surface area (Å²) < 4.78 is 50.6. The summed E-state index contributed by atoms with van der Waals surface area (Å²) >= 11 is 0. The number of anilines is 1. The van der Waals surface area contributed by atoms with Crippen LogP contribution in [0.25, 0.3) is 0 Å². The van der Waals surface area contributed by atoms with Crippen molar-refractivity contribution in [3.63, 3.8) is 0 Å². The molecule has 0 heterocycles. The first-order chi connectivity index (χ1) is 10.4. The maximum atomic E-state index is 12.9. The van der Waals surface area contributed by atoms with Gasteiger partial charge < -0.3 is 9.47 Å². The number of ether oxygens (including phenoxy) is 2. The minimum Gasteiger partial charge on any atom is -0.496 e. The Kier molecular flexibility index (Phi) is 4.56. The fourth-order valence-electron chi connectivity index (χ4n) is 1.96. The van der Waals surface area contributed by atoms with Crippen LogP contribution < -0.4 is 14.2 Å². The lowest BCUT2D eigenvalue weighted by Gasteiger charge is -2.14. The van der Waals surface area contributed by atoms with E-state index in [4.69, 9.17) is 9.47 Å². The molecule has 1 N–H and O–H groups in total. The predicted molar refractivity (Wildman–Crippen MR) is 81.5 cm³/mol. The summed E-state index contributed by atoms with van der Waals surface area (Å²) in [6, 6.07) is 7.99. The van der Waals surface area contributed by atoms with Gasteiger partial charge in [0, 0.05) is 11.8 Å². The van der Waals surface area contributed by atoms with Crippen molar-refractivity contribution in [1.29, 1.82) is 0 Å². The van der Waals surface area contributed by atoms with E-state index in [2.05, 4.69) is 4.72 Å². The van der Waals surface area contributed by atoms with E-state index in [1.807, 2.05) is 0 Å². The van der Waals surface area contributed by atoms with Gasteiger partial charge in [0.05, 0.1) is 14.2 Å². The molecule has 2 rings (SSSR count). The number of benzene rings is 2. The second-order valence-corrected chi connectivity index (χ2v) is 6.24. The van der Waals surface area contributed by atoms with Crippen molar-refractivity contribution in [2.24, 2.45) is 0 Å². The number of rotatable bonds is 5. The molecule has 0 aromatic heterocycles. The van der Waals surface area contributed by atoms with Crippen LogP contribution in [0.3, 0.4) is 0 Å². The van der Waals surface area contributed by atoms with E-state index in [9.17, 15) is 12.8 Å². The van der Waals surface area contributed by atoms with Gasteiger partial charge >= 0.3 is 0 Å². The number of aryl methyl sites for hydroxylation is 1. The van der Waals surface area contributed by atoms with Gasteiger partial charge in [-0.05, 0) is 42.8 Å². The van der Waals surface area contributed by atoms with Crippen LogP contribution in [0.1, 0.15) is 5.56 Å². The molecular formula is C15H16FNO4S. The summed E-state index contributed by atoms with van der Waals surface area (Å²) in [5.41, 5.74) is 1.00. The number of sulfonamides is 1. The third-order valence-electron chi connectivity index (χ3n) is 3.07. The van der Waals surface area contributed by atoms with E-state index < -0.39 is 15.8 Å². The average molecular weight is 325 g/mol. The number of nitrogens with one attached hydrogen (secondary N) is 1. The zero-order chi connectivity index (χ0) is 16.3. The first-order valence-corrected chi connectivity index (χ1v) is 7.86. The Morgan fingerprint density at radius 1 is 1.00 bits per heavy atom. The van der Waals surface area contributed by atoms with Crippen molar-refractivity contribution in [3.05, 3.63) is 47.8 Å². The molecule has 0 fully saturated rings. The molecule has 0 atom stereocenters. The summed E-state index contributed by atoms with van der Waals surface area (Å²) in [6.45, 7) is 1.78. The number of halogens is 1. The summed E-state index contributed by atoms with van der Waals surface area (Å²) in [7, 11) is -1.05. The molecule has 0 bridgehead atoms. The average Bonchev–Trinajstić information content (AvgIpc) is 2.48. The Labute approximate surface area is 128 Å². The number of methoxy groups -OCH3 is 2. The predicted octanol–water partition coefficient (Wildman–Crippen LogP) is 2.95. The topological polar surface area (TPSA) is 64.6 Å². The molecule has 0 saturated heterocycles. The van der Waals surface area contributed by atoms with Crippen LogP contribution in [0.15, 0.2) is 41.3 Å². The molecule has 7 heteroatoms. The summed E-state index contributed by atoms with van der Waals surface area (Å²) in [5.74, 6) is 0.186. The van der Waals surface area contributed by atoms with Gasteiger partial charge in [-0.1, -0.05) is 0 Å². The highest BCUT2D eigenvalue weighted by Crippen LogP contribution is 2.32.